The summed E-state index contributed by atoms with van der Waals surface area (Å²) in [5.41, 5.74) is 2.96. The largest absolute Gasteiger partial charge is 0.336 e. The van der Waals surface area contributed by atoms with Gasteiger partial charge in [0.05, 0.1) is 23.5 Å². The molecule has 0 bridgehead atoms. The lowest BCUT2D eigenvalue weighted by Crippen LogP contribution is -2.25. The Hall–Kier alpha value is -2.87. The highest BCUT2D eigenvalue weighted by atomic mass is 16.2. The minimum atomic E-state index is -0.125. The van der Waals surface area contributed by atoms with Gasteiger partial charge < -0.3 is 4.90 Å². The molecule has 1 amide bonds. The van der Waals surface area contributed by atoms with Crippen molar-refractivity contribution in [3.05, 3.63) is 47.0 Å². The van der Waals surface area contributed by atoms with Crippen LogP contribution in [0, 0.1) is 12.3 Å². The molecule has 1 aliphatic rings. The maximum Gasteiger partial charge on any atom is 0.256 e. The van der Waals surface area contributed by atoms with Gasteiger partial charge in [-0.15, -0.1) is 6.42 Å². The van der Waals surface area contributed by atoms with Crippen LogP contribution in [-0.4, -0.2) is 33.2 Å². The molecule has 0 atom stereocenters. The first-order chi connectivity index (χ1) is 10.0. The molecule has 5 heteroatoms. The van der Waals surface area contributed by atoms with Crippen molar-refractivity contribution in [2.75, 3.05) is 7.05 Å². The van der Waals surface area contributed by atoms with E-state index in [1.807, 2.05) is 0 Å². The average molecular weight is 279 g/mol. The minimum absolute atomic E-state index is 0.117. The molecule has 2 heterocycles. The normalized spacial score (nSPS) is 13.2. The maximum absolute atomic E-state index is 12.5. The van der Waals surface area contributed by atoms with Crippen molar-refractivity contribution in [3.8, 4) is 18.0 Å². The minimum Gasteiger partial charge on any atom is -0.336 e. The Labute approximate surface area is 122 Å². The Morgan fingerprint density at radius 2 is 2.19 bits per heavy atom. The third-order valence-corrected chi connectivity index (χ3v) is 3.59. The summed E-state index contributed by atoms with van der Waals surface area (Å²) < 4.78 is 1.79. The van der Waals surface area contributed by atoms with Crippen LogP contribution in [-0.2, 0) is 6.54 Å². The number of hydrogen-bond donors (Lipinski definition) is 0. The van der Waals surface area contributed by atoms with E-state index in [1.54, 1.807) is 41.0 Å². The monoisotopic (exact) mass is 279 g/mol. The van der Waals surface area contributed by atoms with Crippen molar-refractivity contribution < 1.29 is 9.59 Å². The molecule has 1 aliphatic heterocycles. The summed E-state index contributed by atoms with van der Waals surface area (Å²) in [6.45, 7) is 1.80. The number of amides is 1. The summed E-state index contributed by atoms with van der Waals surface area (Å²) in [4.78, 5) is 29.9. The van der Waals surface area contributed by atoms with Crippen molar-refractivity contribution in [2.24, 2.45) is 0 Å². The number of terminal acetylenes is 1. The Morgan fingerprint density at radius 1 is 1.43 bits per heavy atom. The number of aromatic nitrogens is 2. The van der Waals surface area contributed by atoms with Crippen LogP contribution in [0.25, 0.3) is 5.69 Å². The molecule has 1 aromatic carbocycles. The van der Waals surface area contributed by atoms with Gasteiger partial charge >= 0.3 is 0 Å². The van der Waals surface area contributed by atoms with Crippen LogP contribution in [0.15, 0.2) is 24.5 Å². The SMILES string of the molecule is C#Cc1ccc2c(c1)C(=O)N(C)Cc1c(C(C)=O)ncn1-2. The van der Waals surface area contributed by atoms with Crippen LogP contribution in [0.2, 0.25) is 0 Å². The lowest BCUT2D eigenvalue weighted by Gasteiger charge is -2.14. The van der Waals surface area contributed by atoms with Crippen LogP contribution in [0.4, 0.5) is 0 Å². The average Bonchev–Trinajstić information content (AvgIpc) is 2.85. The molecule has 0 saturated carbocycles. The fourth-order valence-corrected chi connectivity index (χ4v) is 2.54. The molecule has 0 spiro atoms. The molecule has 0 radical (unpaired) electrons. The van der Waals surface area contributed by atoms with Gasteiger partial charge in [-0.1, -0.05) is 5.92 Å². The first-order valence-electron chi connectivity index (χ1n) is 6.46. The molecule has 3 rings (SSSR count). The van der Waals surface area contributed by atoms with E-state index in [-0.39, 0.29) is 11.7 Å². The molecule has 0 N–H and O–H groups in total. The lowest BCUT2D eigenvalue weighted by molar-refractivity contribution is 0.0785. The second-order valence-corrected chi connectivity index (χ2v) is 5.00. The Kier molecular flexibility index (Phi) is 2.88. The zero-order valence-corrected chi connectivity index (χ0v) is 11.8. The van der Waals surface area contributed by atoms with E-state index in [9.17, 15) is 9.59 Å². The molecule has 0 saturated heterocycles. The van der Waals surface area contributed by atoms with Crippen LogP contribution < -0.4 is 0 Å². The molecule has 21 heavy (non-hydrogen) atoms. The zero-order chi connectivity index (χ0) is 15.1. The van der Waals surface area contributed by atoms with E-state index in [0.717, 1.165) is 0 Å². The van der Waals surface area contributed by atoms with E-state index < -0.39 is 0 Å². The van der Waals surface area contributed by atoms with Gasteiger partial charge in [0.1, 0.15) is 12.0 Å². The molecule has 5 nitrogen and oxygen atoms in total. The van der Waals surface area contributed by atoms with Gasteiger partial charge in [-0.2, -0.15) is 0 Å². The van der Waals surface area contributed by atoms with E-state index >= 15 is 0 Å². The molecule has 0 unspecified atom stereocenters. The van der Waals surface area contributed by atoms with Crippen LogP contribution in [0.3, 0.4) is 0 Å². The number of Topliss-reactive ketones (excluding diaryl/α,β-unsaturated/α-hetero) is 1. The number of ketones is 1. The van der Waals surface area contributed by atoms with Gasteiger partial charge in [0.2, 0.25) is 0 Å². The smallest absolute Gasteiger partial charge is 0.256 e. The van der Waals surface area contributed by atoms with Crippen molar-refractivity contribution in [1.29, 1.82) is 0 Å². The number of carbonyl (C=O) groups is 2. The summed E-state index contributed by atoms with van der Waals surface area (Å²) in [5.74, 6) is 2.29. The first-order valence-corrected chi connectivity index (χ1v) is 6.46. The standard InChI is InChI=1S/C16H13N3O2/c1-4-11-5-6-13-12(7-11)16(21)18(3)8-14-15(10(2)20)17-9-19(13)14/h1,5-7,9H,8H2,2-3H3. The van der Waals surface area contributed by atoms with Crippen molar-refractivity contribution in [1.82, 2.24) is 14.5 Å². The maximum atomic E-state index is 12.5. The third kappa shape index (κ3) is 1.93. The van der Waals surface area contributed by atoms with Crippen LogP contribution >= 0.6 is 0 Å². The molecule has 2 aromatic rings. The highest BCUT2D eigenvalue weighted by molar-refractivity contribution is 5.99. The molecular formula is C16H13N3O2. The van der Waals surface area contributed by atoms with Gasteiger partial charge in [0.15, 0.2) is 5.78 Å². The topological polar surface area (TPSA) is 55.2 Å². The van der Waals surface area contributed by atoms with Crippen molar-refractivity contribution >= 4 is 11.7 Å². The number of rotatable bonds is 1. The van der Waals surface area contributed by atoms with Gasteiger partial charge in [0.25, 0.3) is 5.91 Å². The highest BCUT2D eigenvalue weighted by Crippen LogP contribution is 2.26. The number of benzene rings is 1. The van der Waals surface area contributed by atoms with E-state index in [4.69, 9.17) is 6.42 Å². The molecule has 0 fully saturated rings. The summed E-state index contributed by atoms with van der Waals surface area (Å²) in [6.07, 6.45) is 6.98. The number of imidazole rings is 1. The predicted octanol–water partition coefficient (Wildman–Crippen LogP) is 1.64. The van der Waals surface area contributed by atoms with Gasteiger partial charge in [0, 0.05) is 19.5 Å². The first kappa shape index (κ1) is 13.1. The predicted molar refractivity (Wildman–Crippen MR) is 77.3 cm³/mol. The van der Waals surface area contributed by atoms with Crippen molar-refractivity contribution in [2.45, 2.75) is 13.5 Å². The van der Waals surface area contributed by atoms with Gasteiger partial charge in [-0.05, 0) is 18.2 Å². The number of hydrogen-bond acceptors (Lipinski definition) is 3. The fourth-order valence-electron chi connectivity index (χ4n) is 2.54. The molecule has 0 aliphatic carbocycles. The Morgan fingerprint density at radius 3 is 2.86 bits per heavy atom. The molecule has 104 valence electrons. The third-order valence-electron chi connectivity index (χ3n) is 3.59. The lowest BCUT2D eigenvalue weighted by atomic mass is 10.1. The Bertz CT molecular complexity index is 811. The molecule has 1 aromatic heterocycles. The quantitative estimate of drug-likeness (QED) is 0.589. The van der Waals surface area contributed by atoms with Crippen LogP contribution in [0.5, 0.6) is 0 Å². The molecular weight excluding hydrogens is 266 g/mol. The fraction of sp³-hybridized carbons (Fsp3) is 0.188. The number of nitrogens with zero attached hydrogens (tertiary/aromatic N) is 3. The van der Waals surface area contributed by atoms with E-state index in [1.165, 1.54) is 6.92 Å². The van der Waals surface area contributed by atoms with Crippen LogP contribution in [0.1, 0.15) is 39.0 Å². The summed E-state index contributed by atoms with van der Waals surface area (Å²) in [5, 5.41) is 0. The second kappa shape index (κ2) is 4.60. The summed E-state index contributed by atoms with van der Waals surface area (Å²) in [6, 6.07) is 5.25. The van der Waals surface area contributed by atoms with Crippen molar-refractivity contribution in [3.63, 3.8) is 0 Å². The highest BCUT2D eigenvalue weighted by Gasteiger charge is 2.27. The summed E-state index contributed by atoms with van der Waals surface area (Å²) >= 11 is 0. The van der Waals surface area contributed by atoms with Gasteiger partial charge in [-0.25, -0.2) is 4.98 Å². The zero-order valence-electron chi connectivity index (χ0n) is 11.8. The van der Waals surface area contributed by atoms with Gasteiger partial charge in [-0.3, -0.25) is 14.2 Å². The van der Waals surface area contributed by atoms with E-state index in [2.05, 4.69) is 10.9 Å². The Balaban J connectivity index is 2.31. The number of carbonyl (C=O) groups excluding carboxylic acids is 2. The van der Waals surface area contributed by atoms with E-state index in [0.29, 0.717) is 34.7 Å². The number of fused-ring (bicyclic) bond motifs is 3. The second-order valence-electron chi connectivity index (χ2n) is 5.00. The summed E-state index contributed by atoms with van der Waals surface area (Å²) in [7, 11) is 1.70.